The summed E-state index contributed by atoms with van der Waals surface area (Å²) in [6.45, 7) is 2.52. The second kappa shape index (κ2) is 6.15. The van der Waals surface area contributed by atoms with E-state index in [1.165, 1.54) is 31.4 Å². The molecule has 2 rings (SSSR count). The lowest BCUT2D eigenvalue weighted by molar-refractivity contribution is -0.0155. The molecular formula is C15H19FO3. The van der Waals surface area contributed by atoms with Gasteiger partial charge in [0, 0.05) is 0 Å². The molecule has 19 heavy (non-hydrogen) atoms. The van der Waals surface area contributed by atoms with E-state index in [-0.39, 0.29) is 11.7 Å². The molecule has 3 nitrogen and oxygen atoms in total. The molecule has 0 saturated heterocycles. The first kappa shape index (κ1) is 14.0. The van der Waals surface area contributed by atoms with Gasteiger partial charge in [-0.25, -0.2) is 9.18 Å². The van der Waals surface area contributed by atoms with Gasteiger partial charge >= 0.3 is 5.97 Å². The molecule has 1 aliphatic carbocycles. The summed E-state index contributed by atoms with van der Waals surface area (Å²) in [4.78, 5) is 10.7. The van der Waals surface area contributed by atoms with Gasteiger partial charge in [0.15, 0.2) is 0 Å². The van der Waals surface area contributed by atoms with Crippen molar-refractivity contribution in [3.63, 3.8) is 0 Å². The number of carboxylic acid groups (broad SMARTS) is 1. The Bertz CT molecular complexity index is 459. The Morgan fingerprint density at radius 3 is 2.79 bits per heavy atom. The van der Waals surface area contributed by atoms with Gasteiger partial charge in [-0.15, -0.1) is 0 Å². The number of benzene rings is 1. The molecule has 2 atom stereocenters. The van der Waals surface area contributed by atoms with Crippen molar-refractivity contribution in [1.82, 2.24) is 0 Å². The van der Waals surface area contributed by atoms with E-state index in [9.17, 15) is 9.18 Å². The molecule has 0 heterocycles. The third-order valence-electron chi connectivity index (χ3n) is 3.76. The lowest BCUT2D eigenvalue weighted by Gasteiger charge is -2.28. The second-order valence-electron chi connectivity index (χ2n) is 5.23. The van der Waals surface area contributed by atoms with Crippen LogP contribution in [0.2, 0.25) is 0 Å². The topological polar surface area (TPSA) is 46.5 Å². The molecule has 0 bridgehead atoms. The maximum Gasteiger partial charge on any atom is 0.338 e. The summed E-state index contributed by atoms with van der Waals surface area (Å²) in [5.74, 6) is -1.41. The molecule has 0 aromatic heterocycles. The standard InChI is InChI=1S/C15H19FO3/c1-10-4-2-3-5-14(10)19-9-11-6-7-12(15(17)18)13(16)8-11/h6-8,10,14H,2-5,9H2,1H3,(H,17,18). The predicted molar refractivity (Wildman–Crippen MR) is 69.6 cm³/mol. The number of carbonyl (C=O) groups is 1. The van der Waals surface area contributed by atoms with Crippen molar-refractivity contribution in [1.29, 1.82) is 0 Å². The van der Waals surface area contributed by atoms with Crippen LogP contribution in [0.4, 0.5) is 4.39 Å². The predicted octanol–water partition coefficient (Wildman–Crippen LogP) is 3.62. The van der Waals surface area contributed by atoms with Crippen molar-refractivity contribution in [2.24, 2.45) is 5.92 Å². The van der Waals surface area contributed by atoms with Crippen molar-refractivity contribution < 1.29 is 19.0 Å². The van der Waals surface area contributed by atoms with Crippen LogP contribution in [-0.2, 0) is 11.3 Å². The Morgan fingerprint density at radius 1 is 1.42 bits per heavy atom. The van der Waals surface area contributed by atoms with E-state index in [0.717, 1.165) is 6.42 Å². The first-order valence-electron chi connectivity index (χ1n) is 6.71. The highest BCUT2D eigenvalue weighted by atomic mass is 19.1. The zero-order valence-electron chi connectivity index (χ0n) is 11.1. The highest BCUT2D eigenvalue weighted by Crippen LogP contribution is 2.27. The number of aromatic carboxylic acids is 1. The molecule has 4 heteroatoms. The largest absolute Gasteiger partial charge is 0.478 e. The molecule has 2 unspecified atom stereocenters. The summed E-state index contributed by atoms with van der Waals surface area (Å²) in [5, 5.41) is 8.75. The van der Waals surface area contributed by atoms with Crippen LogP contribution < -0.4 is 0 Å². The first-order valence-corrected chi connectivity index (χ1v) is 6.71. The molecule has 0 amide bonds. The van der Waals surface area contributed by atoms with E-state index >= 15 is 0 Å². The average molecular weight is 266 g/mol. The average Bonchev–Trinajstić information content (AvgIpc) is 2.37. The maximum atomic E-state index is 13.5. The number of halogens is 1. The van der Waals surface area contributed by atoms with E-state index in [2.05, 4.69) is 6.92 Å². The van der Waals surface area contributed by atoms with Gasteiger partial charge in [-0.1, -0.05) is 25.8 Å². The second-order valence-corrected chi connectivity index (χ2v) is 5.23. The van der Waals surface area contributed by atoms with Crippen LogP contribution in [0.15, 0.2) is 18.2 Å². The fourth-order valence-electron chi connectivity index (χ4n) is 2.55. The molecule has 104 valence electrons. The van der Waals surface area contributed by atoms with Gasteiger partial charge in [0.1, 0.15) is 5.82 Å². The molecule has 1 aliphatic rings. The molecule has 1 saturated carbocycles. The number of hydrogen-bond acceptors (Lipinski definition) is 2. The van der Waals surface area contributed by atoms with E-state index in [4.69, 9.17) is 9.84 Å². The van der Waals surface area contributed by atoms with Crippen LogP contribution in [0.3, 0.4) is 0 Å². The van der Waals surface area contributed by atoms with Crippen LogP contribution in [0.5, 0.6) is 0 Å². The minimum Gasteiger partial charge on any atom is -0.478 e. The zero-order chi connectivity index (χ0) is 13.8. The Balaban J connectivity index is 1.96. The maximum absolute atomic E-state index is 13.5. The molecule has 1 N–H and O–H groups in total. The van der Waals surface area contributed by atoms with Crippen LogP contribution >= 0.6 is 0 Å². The fourth-order valence-corrected chi connectivity index (χ4v) is 2.55. The van der Waals surface area contributed by atoms with E-state index in [1.54, 1.807) is 6.07 Å². The SMILES string of the molecule is CC1CCCCC1OCc1ccc(C(=O)O)c(F)c1. The van der Waals surface area contributed by atoms with Crippen molar-refractivity contribution in [2.45, 2.75) is 45.3 Å². The summed E-state index contributed by atoms with van der Waals surface area (Å²) in [5.41, 5.74) is 0.384. The fraction of sp³-hybridized carbons (Fsp3) is 0.533. The van der Waals surface area contributed by atoms with Crippen LogP contribution in [0.25, 0.3) is 0 Å². The third-order valence-corrected chi connectivity index (χ3v) is 3.76. The lowest BCUT2D eigenvalue weighted by Crippen LogP contribution is -2.25. The molecule has 1 fully saturated rings. The first-order chi connectivity index (χ1) is 9.08. The number of rotatable bonds is 4. The summed E-state index contributed by atoms with van der Waals surface area (Å²) >= 11 is 0. The van der Waals surface area contributed by atoms with Gasteiger partial charge in [0.05, 0.1) is 18.3 Å². The molecule has 0 aliphatic heterocycles. The smallest absolute Gasteiger partial charge is 0.338 e. The molecule has 1 aromatic rings. The molecule has 1 aromatic carbocycles. The minimum atomic E-state index is -1.24. The van der Waals surface area contributed by atoms with Crippen molar-refractivity contribution in [3.05, 3.63) is 35.1 Å². The van der Waals surface area contributed by atoms with Gasteiger partial charge in [-0.05, 0) is 36.5 Å². The van der Waals surface area contributed by atoms with Gasteiger partial charge in [0.2, 0.25) is 0 Å². The van der Waals surface area contributed by atoms with Gasteiger partial charge in [-0.2, -0.15) is 0 Å². The molecular weight excluding hydrogens is 247 g/mol. The minimum absolute atomic E-state index is 0.232. The summed E-state index contributed by atoms with van der Waals surface area (Å²) in [6, 6.07) is 4.15. The third kappa shape index (κ3) is 3.53. The van der Waals surface area contributed by atoms with Gasteiger partial charge in [0.25, 0.3) is 0 Å². The van der Waals surface area contributed by atoms with E-state index in [0.29, 0.717) is 18.1 Å². The Hall–Kier alpha value is -1.42. The Kier molecular flexibility index (Phi) is 4.53. The molecule has 0 spiro atoms. The van der Waals surface area contributed by atoms with Crippen LogP contribution in [0.1, 0.15) is 48.5 Å². The number of hydrogen-bond donors (Lipinski definition) is 1. The van der Waals surface area contributed by atoms with Crippen molar-refractivity contribution in [2.75, 3.05) is 0 Å². The highest BCUT2D eigenvalue weighted by Gasteiger charge is 2.21. The normalized spacial score (nSPS) is 23.3. The summed E-state index contributed by atoms with van der Waals surface area (Å²) in [6.07, 6.45) is 4.90. The Morgan fingerprint density at radius 2 is 2.16 bits per heavy atom. The van der Waals surface area contributed by atoms with Crippen LogP contribution in [0, 0.1) is 11.7 Å². The van der Waals surface area contributed by atoms with Gasteiger partial charge < -0.3 is 9.84 Å². The lowest BCUT2D eigenvalue weighted by atomic mass is 9.88. The van der Waals surface area contributed by atoms with E-state index < -0.39 is 11.8 Å². The summed E-state index contributed by atoms with van der Waals surface area (Å²) in [7, 11) is 0. The monoisotopic (exact) mass is 266 g/mol. The van der Waals surface area contributed by atoms with Crippen molar-refractivity contribution >= 4 is 5.97 Å². The van der Waals surface area contributed by atoms with E-state index in [1.807, 2.05) is 0 Å². The van der Waals surface area contributed by atoms with Crippen LogP contribution in [-0.4, -0.2) is 17.2 Å². The number of carboxylic acids is 1. The number of ether oxygens (including phenoxy) is 1. The molecule has 0 radical (unpaired) electrons. The van der Waals surface area contributed by atoms with Crippen molar-refractivity contribution in [3.8, 4) is 0 Å². The zero-order valence-corrected chi connectivity index (χ0v) is 11.1. The highest BCUT2D eigenvalue weighted by molar-refractivity contribution is 5.87. The summed E-state index contributed by atoms with van der Waals surface area (Å²) < 4.78 is 19.3. The Labute approximate surface area is 112 Å². The van der Waals surface area contributed by atoms with Gasteiger partial charge in [-0.3, -0.25) is 0 Å². The quantitative estimate of drug-likeness (QED) is 0.905.